The molecule has 9 nitrogen and oxygen atoms in total. The molecule has 0 spiro atoms. The molecule has 1 aliphatic carbocycles. The molecular weight excluding hydrogens is 462 g/mol. The molecule has 2 aliphatic rings. The summed E-state index contributed by atoms with van der Waals surface area (Å²) >= 11 is 0. The first-order valence-electron chi connectivity index (χ1n) is 12.6. The number of alkyl carbamates (subject to hydrolysis) is 2. The van der Waals surface area contributed by atoms with E-state index in [1.54, 1.807) is 45.0 Å². The van der Waals surface area contributed by atoms with Gasteiger partial charge in [0, 0.05) is 19.1 Å². The number of carbonyl (C=O) groups is 4. The van der Waals surface area contributed by atoms with Crippen molar-refractivity contribution in [1.29, 1.82) is 0 Å². The van der Waals surface area contributed by atoms with Gasteiger partial charge in [-0.3, -0.25) is 14.5 Å². The Hall–Kier alpha value is -3.10. The van der Waals surface area contributed by atoms with Gasteiger partial charge >= 0.3 is 12.2 Å². The van der Waals surface area contributed by atoms with Gasteiger partial charge in [-0.2, -0.15) is 0 Å². The Kier molecular flexibility index (Phi) is 8.00. The molecule has 1 aromatic rings. The van der Waals surface area contributed by atoms with Crippen molar-refractivity contribution in [2.24, 2.45) is 17.8 Å². The standard InChI is InChI=1S/C27H39N3O6/c1-16(29-25(34)36-27(5,6)7)19(13-17-12-18(17)14-28-24(33)35-26(2,3)4)15-30-22(31)20-10-8-9-11-21(20)23(30)32/h8-11,16-19H,12-15H2,1-7H3,(H,28,33)(H,29,34)/t16-,17+,18-,19+/m1/s1. The zero-order valence-corrected chi connectivity index (χ0v) is 22.3. The van der Waals surface area contributed by atoms with E-state index in [0.29, 0.717) is 30.0 Å². The van der Waals surface area contributed by atoms with Gasteiger partial charge < -0.3 is 20.1 Å². The SMILES string of the molecule is C[C@@H](NC(=O)OC(C)(C)C)[C@@H](C[C@@H]1C[C@@H]1CNC(=O)OC(C)(C)C)CN1C(=O)c2ccccc2C1=O. The van der Waals surface area contributed by atoms with Gasteiger partial charge in [-0.05, 0) is 91.2 Å². The van der Waals surface area contributed by atoms with Crippen molar-refractivity contribution in [2.45, 2.75) is 78.6 Å². The molecule has 0 saturated heterocycles. The van der Waals surface area contributed by atoms with Crippen LogP contribution in [-0.2, 0) is 9.47 Å². The molecule has 0 aromatic heterocycles. The molecule has 3 rings (SSSR count). The predicted molar refractivity (Wildman–Crippen MR) is 135 cm³/mol. The van der Waals surface area contributed by atoms with Crippen molar-refractivity contribution in [2.75, 3.05) is 13.1 Å². The van der Waals surface area contributed by atoms with E-state index < -0.39 is 23.4 Å². The Labute approximate surface area is 213 Å². The van der Waals surface area contributed by atoms with E-state index >= 15 is 0 Å². The summed E-state index contributed by atoms with van der Waals surface area (Å²) in [6.45, 7) is 13.4. The fourth-order valence-electron chi connectivity index (χ4n) is 4.45. The highest BCUT2D eigenvalue weighted by Gasteiger charge is 2.43. The summed E-state index contributed by atoms with van der Waals surface area (Å²) in [7, 11) is 0. The van der Waals surface area contributed by atoms with Crippen LogP contribution in [0.1, 0.15) is 82.0 Å². The Bertz CT molecular complexity index is 974. The molecule has 1 fully saturated rings. The third-order valence-electron chi connectivity index (χ3n) is 6.33. The molecule has 2 N–H and O–H groups in total. The second kappa shape index (κ2) is 10.5. The first-order chi connectivity index (χ1) is 16.6. The van der Waals surface area contributed by atoms with Crippen molar-refractivity contribution in [3.8, 4) is 0 Å². The van der Waals surface area contributed by atoms with Crippen LogP contribution >= 0.6 is 0 Å². The van der Waals surface area contributed by atoms with Gasteiger partial charge in [0.1, 0.15) is 11.2 Å². The Balaban J connectivity index is 1.65. The molecule has 0 bridgehead atoms. The van der Waals surface area contributed by atoms with Gasteiger partial charge in [0.2, 0.25) is 0 Å². The van der Waals surface area contributed by atoms with Crippen molar-refractivity contribution in [3.05, 3.63) is 35.4 Å². The smallest absolute Gasteiger partial charge is 0.407 e. The lowest BCUT2D eigenvalue weighted by molar-refractivity contribution is 0.0468. The minimum absolute atomic E-state index is 0.184. The lowest BCUT2D eigenvalue weighted by Crippen LogP contribution is -2.46. The van der Waals surface area contributed by atoms with Gasteiger partial charge in [0.05, 0.1) is 11.1 Å². The van der Waals surface area contributed by atoms with Crippen LogP contribution in [0.2, 0.25) is 0 Å². The van der Waals surface area contributed by atoms with E-state index in [2.05, 4.69) is 10.6 Å². The van der Waals surface area contributed by atoms with Crippen LogP contribution in [-0.4, -0.2) is 59.2 Å². The number of benzene rings is 1. The van der Waals surface area contributed by atoms with Crippen LogP contribution in [0, 0.1) is 17.8 Å². The molecule has 0 unspecified atom stereocenters. The third-order valence-corrected chi connectivity index (χ3v) is 6.33. The maximum atomic E-state index is 13.0. The number of imide groups is 1. The van der Waals surface area contributed by atoms with E-state index in [-0.39, 0.29) is 36.2 Å². The van der Waals surface area contributed by atoms with E-state index in [1.165, 1.54) is 4.90 Å². The maximum absolute atomic E-state index is 13.0. The lowest BCUT2D eigenvalue weighted by atomic mass is 9.93. The topological polar surface area (TPSA) is 114 Å². The number of amides is 4. The van der Waals surface area contributed by atoms with E-state index in [0.717, 1.165) is 6.42 Å². The van der Waals surface area contributed by atoms with Gasteiger partial charge in [0.25, 0.3) is 11.8 Å². The summed E-state index contributed by atoms with van der Waals surface area (Å²) in [5.41, 5.74) is -0.399. The summed E-state index contributed by atoms with van der Waals surface area (Å²) < 4.78 is 10.7. The number of nitrogens with one attached hydrogen (secondary N) is 2. The first-order valence-corrected chi connectivity index (χ1v) is 12.6. The minimum Gasteiger partial charge on any atom is -0.444 e. The predicted octanol–water partition coefficient (Wildman–Crippen LogP) is 4.36. The number of rotatable bonds is 8. The van der Waals surface area contributed by atoms with Crippen molar-refractivity contribution < 1.29 is 28.7 Å². The molecule has 4 amide bonds. The molecule has 198 valence electrons. The van der Waals surface area contributed by atoms with Gasteiger partial charge in [-0.25, -0.2) is 9.59 Å². The second-order valence-electron chi connectivity index (χ2n) is 11.8. The maximum Gasteiger partial charge on any atom is 0.407 e. The molecule has 0 radical (unpaired) electrons. The second-order valence-corrected chi connectivity index (χ2v) is 11.8. The highest BCUT2D eigenvalue weighted by atomic mass is 16.6. The Morgan fingerprint density at radius 3 is 2.00 bits per heavy atom. The van der Waals surface area contributed by atoms with Crippen molar-refractivity contribution in [1.82, 2.24) is 15.5 Å². The summed E-state index contributed by atoms with van der Waals surface area (Å²) in [6, 6.07) is 6.46. The molecule has 4 atom stereocenters. The van der Waals surface area contributed by atoms with Gasteiger partial charge in [-0.15, -0.1) is 0 Å². The number of carbonyl (C=O) groups excluding carboxylic acids is 4. The summed E-state index contributed by atoms with van der Waals surface area (Å²) in [4.78, 5) is 51.6. The van der Waals surface area contributed by atoms with E-state index in [9.17, 15) is 19.2 Å². The van der Waals surface area contributed by atoms with Crippen molar-refractivity contribution in [3.63, 3.8) is 0 Å². The first kappa shape index (κ1) is 27.5. The lowest BCUT2D eigenvalue weighted by Gasteiger charge is -2.29. The zero-order valence-electron chi connectivity index (χ0n) is 22.3. The summed E-state index contributed by atoms with van der Waals surface area (Å²) in [5, 5.41) is 5.71. The molecule has 9 heteroatoms. The number of nitrogens with zero attached hydrogens (tertiary/aromatic N) is 1. The molecule has 1 heterocycles. The van der Waals surface area contributed by atoms with Crippen LogP contribution in [0.25, 0.3) is 0 Å². The van der Waals surface area contributed by atoms with E-state index in [1.807, 2.05) is 27.7 Å². The van der Waals surface area contributed by atoms with E-state index in [4.69, 9.17) is 9.47 Å². The number of ether oxygens (including phenoxy) is 2. The normalized spacial score (nSPS) is 20.9. The highest BCUT2D eigenvalue weighted by Crippen LogP contribution is 2.43. The highest BCUT2D eigenvalue weighted by molar-refractivity contribution is 6.21. The molecule has 1 aromatic carbocycles. The zero-order chi connectivity index (χ0) is 26.8. The number of fused-ring (bicyclic) bond motifs is 1. The molecule has 36 heavy (non-hydrogen) atoms. The summed E-state index contributed by atoms with van der Waals surface area (Å²) in [6.07, 6.45) is 0.607. The number of hydrogen-bond acceptors (Lipinski definition) is 6. The van der Waals surface area contributed by atoms with Crippen LogP contribution in [0.3, 0.4) is 0 Å². The minimum atomic E-state index is -0.642. The van der Waals surface area contributed by atoms with Crippen LogP contribution < -0.4 is 10.6 Å². The largest absolute Gasteiger partial charge is 0.444 e. The Morgan fingerprint density at radius 2 is 1.47 bits per heavy atom. The van der Waals surface area contributed by atoms with Gasteiger partial charge in [0.15, 0.2) is 0 Å². The molecular formula is C27H39N3O6. The summed E-state index contributed by atoms with van der Waals surface area (Å²) in [5.74, 6) is -0.247. The van der Waals surface area contributed by atoms with Crippen LogP contribution in [0.4, 0.5) is 9.59 Å². The Morgan fingerprint density at radius 1 is 0.944 bits per heavy atom. The van der Waals surface area contributed by atoms with Crippen LogP contribution in [0.15, 0.2) is 24.3 Å². The third kappa shape index (κ3) is 7.45. The monoisotopic (exact) mass is 501 g/mol. The van der Waals surface area contributed by atoms with Crippen molar-refractivity contribution >= 4 is 24.0 Å². The van der Waals surface area contributed by atoms with Crippen LogP contribution in [0.5, 0.6) is 0 Å². The molecule has 1 saturated carbocycles. The fraction of sp³-hybridized carbons (Fsp3) is 0.630. The fourth-order valence-corrected chi connectivity index (χ4v) is 4.45. The quantitative estimate of drug-likeness (QED) is 0.512. The average molecular weight is 502 g/mol. The number of hydrogen-bond donors (Lipinski definition) is 2. The van der Waals surface area contributed by atoms with Gasteiger partial charge in [-0.1, -0.05) is 12.1 Å². The average Bonchev–Trinajstić information content (AvgIpc) is 3.44. The molecule has 1 aliphatic heterocycles.